The predicted octanol–water partition coefficient (Wildman–Crippen LogP) is 5.70. The monoisotopic (exact) mass is 488 g/mol. The fourth-order valence-electron chi connectivity index (χ4n) is 5.88. The maximum absolute atomic E-state index is 12.5. The maximum atomic E-state index is 12.5. The molecule has 0 aromatic rings. The number of hydrogen-bond donors (Lipinski definition) is 5. The first-order valence-electron chi connectivity index (χ1n) is 14.2. The van der Waals surface area contributed by atoms with Gasteiger partial charge in [0, 0.05) is 25.2 Å². The van der Waals surface area contributed by atoms with E-state index in [1.54, 1.807) is 0 Å². The molecule has 0 spiro atoms. The lowest BCUT2D eigenvalue weighted by molar-refractivity contribution is -0.139. The number of rotatable bonds is 22. The zero-order chi connectivity index (χ0) is 26.2. The molecule has 0 aliphatic carbocycles. The first-order valence-corrected chi connectivity index (χ1v) is 14.2. The average Bonchev–Trinajstić information content (AvgIpc) is 2.81. The van der Waals surface area contributed by atoms with E-state index in [0.717, 1.165) is 83.5 Å². The van der Waals surface area contributed by atoms with E-state index in [2.05, 4.69) is 34.6 Å². The Hall–Kier alpha value is -0.200. The summed E-state index contributed by atoms with van der Waals surface area (Å²) in [5.74, 6) is 1.17. The molecule has 7 atom stereocenters. The minimum atomic E-state index is -0.812. The quantitative estimate of drug-likeness (QED) is 0.126. The van der Waals surface area contributed by atoms with Crippen molar-refractivity contribution in [2.75, 3.05) is 19.8 Å². The molecule has 0 aromatic heterocycles. The van der Waals surface area contributed by atoms with Gasteiger partial charge < -0.3 is 25.5 Å². The molecule has 0 saturated heterocycles. The summed E-state index contributed by atoms with van der Waals surface area (Å²) >= 11 is 0. The van der Waals surface area contributed by atoms with Gasteiger partial charge in [-0.05, 0) is 94.8 Å². The highest BCUT2D eigenvalue weighted by molar-refractivity contribution is 5.01. The second-order valence-electron chi connectivity index (χ2n) is 11.7. The standard InChI is InChI=1S/C29H60O5/c1-7-28(17-9-8-12-27(6)33,26(5)14-13-25(4)22-32)29(34,18-10-11-24(3)21-31)19-15-23(2)16-20-30/h23-27,30-34H,7-22H2,1-6H3. The van der Waals surface area contributed by atoms with Crippen LogP contribution in [0.25, 0.3) is 0 Å². The summed E-state index contributed by atoms with van der Waals surface area (Å²) in [6.07, 6.45) is 11.1. The van der Waals surface area contributed by atoms with E-state index < -0.39 is 5.60 Å². The second-order valence-corrected chi connectivity index (χ2v) is 11.7. The molecule has 0 radical (unpaired) electrons. The van der Waals surface area contributed by atoms with Gasteiger partial charge in [-0.15, -0.1) is 0 Å². The zero-order valence-electron chi connectivity index (χ0n) is 23.4. The van der Waals surface area contributed by atoms with Crippen molar-refractivity contribution in [3.8, 4) is 0 Å². The van der Waals surface area contributed by atoms with Gasteiger partial charge in [0.15, 0.2) is 0 Å². The summed E-state index contributed by atoms with van der Waals surface area (Å²) in [6.45, 7) is 13.2. The zero-order valence-corrected chi connectivity index (χ0v) is 23.4. The highest BCUT2D eigenvalue weighted by atomic mass is 16.3. The topological polar surface area (TPSA) is 101 Å². The van der Waals surface area contributed by atoms with Gasteiger partial charge in [-0.25, -0.2) is 0 Å². The molecular formula is C29H60O5. The van der Waals surface area contributed by atoms with Crippen LogP contribution in [-0.2, 0) is 0 Å². The Labute approximate surface area is 211 Å². The van der Waals surface area contributed by atoms with Gasteiger partial charge in [-0.2, -0.15) is 0 Å². The molecule has 0 heterocycles. The number of aliphatic hydroxyl groups is 5. The summed E-state index contributed by atoms with van der Waals surface area (Å²) in [4.78, 5) is 0. The highest BCUT2D eigenvalue weighted by Gasteiger charge is 2.50. The van der Waals surface area contributed by atoms with Gasteiger partial charge in [0.05, 0.1) is 11.7 Å². The van der Waals surface area contributed by atoms with Crippen LogP contribution < -0.4 is 0 Å². The Kier molecular flexibility index (Phi) is 18.0. The third kappa shape index (κ3) is 11.7. The molecular weight excluding hydrogens is 428 g/mol. The largest absolute Gasteiger partial charge is 0.396 e. The molecule has 0 aromatic carbocycles. The van der Waals surface area contributed by atoms with Crippen molar-refractivity contribution in [1.29, 1.82) is 0 Å². The third-order valence-electron chi connectivity index (χ3n) is 8.67. The van der Waals surface area contributed by atoms with Crippen molar-refractivity contribution >= 4 is 0 Å². The Morgan fingerprint density at radius 3 is 1.76 bits per heavy atom. The molecule has 0 saturated carbocycles. The molecule has 0 rings (SSSR count). The third-order valence-corrected chi connectivity index (χ3v) is 8.67. The van der Waals surface area contributed by atoms with Gasteiger partial charge in [0.1, 0.15) is 0 Å². The van der Waals surface area contributed by atoms with E-state index >= 15 is 0 Å². The van der Waals surface area contributed by atoms with Crippen LogP contribution in [0.1, 0.15) is 125 Å². The van der Waals surface area contributed by atoms with E-state index in [4.69, 9.17) is 0 Å². The predicted molar refractivity (Wildman–Crippen MR) is 143 cm³/mol. The molecule has 0 bridgehead atoms. The number of hydrogen-bond acceptors (Lipinski definition) is 5. The van der Waals surface area contributed by atoms with E-state index in [9.17, 15) is 25.5 Å². The van der Waals surface area contributed by atoms with Gasteiger partial charge in [-0.3, -0.25) is 0 Å². The van der Waals surface area contributed by atoms with Crippen LogP contribution in [-0.4, -0.2) is 57.1 Å². The van der Waals surface area contributed by atoms with Crippen molar-refractivity contribution in [2.45, 2.75) is 137 Å². The van der Waals surface area contributed by atoms with Crippen molar-refractivity contribution in [3.05, 3.63) is 0 Å². The Bertz CT molecular complexity index is 485. The lowest BCUT2D eigenvalue weighted by atomic mass is 9.56. The summed E-state index contributed by atoms with van der Waals surface area (Å²) in [6, 6.07) is 0. The van der Waals surface area contributed by atoms with E-state index in [1.807, 2.05) is 6.92 Å². The summed E-state index contributed by atoms with van der Waals surface area (Å²) in [7, 11) is 0. The summed E-state index contributed by atoms with van der Waals surface area (Å²) < 4.78 is 0. The van der Waals surface area contributed by atoms with Crippen LogP contribution in [0.15, 0.2) is 0 Å². The molecule has 0 amide bonds. The first kappa shape index (κ1) is 33.8. The normalized spacial score (nSPS) is 20.2. The molecule has 206 valence electrons. The Balaban J connectivity index is 5.94. The molecule has 5 nitrogen and oxygen atoms in total. The van der Waals surface area contributed by atoms with Crippen LogP contribution in [0.4, 0.5) is 0 Å². The van der Waals surface area contributed by atoms with Crippen LogP contribution in [0.3, 0.4) is 0 Å². The molecule has 7 unspecified atom stereocenters. The molecule has 0 aliphatic heterocycles. The van der Waals surface area contributed by atoms with Crippen molar-refractivity contribution in [2.24, 2.45) is 29.1 Å². The van der Waals surface area contributed by atoms with Crippen LogP contribution >= 0.6 is 0 Å². The van der Waals surface area contributed by atoms with Crippen molar-refractivity contribution in [1.82, 2.24) is 0 Å². The molecule has 5 heteroatoms. The summed E-state index contributed by atoms with van der Waals surface area (Å²) in [5.41, 5.74) is -1.05. The molecule has 34 heavy (non-hydrogen) atoms. The van der Waals surface area contributed by atoms with Crippen molar-refractivity contribution < 1.29 is 25.5 Å². The minimum Gasteiger partial charge on any atom is -0.396 e. The molecule has 5 N–H and O–H groups in total. The fraction of sp³-hybridized carbons (Fsp3) is 1.00. The van der Waals surface area contributed by atoms with Crippen LogP contribution in [0.5, 0.6) is 0 Å². The van der Waals surface area contributed by atoms with E-state index in [0.29, 0.717) is 11.8 Å². The van der Waals surface area contributed by atoms with Gasteiger partial charge in [-0.1, -0.05) is 53.9 Å². The van der Waals surface area contributed by atoms with Gasteiger partial charge in [0.25, 0.3) is 0 Å². The smallest absolute Gasteiger partial charge is 0.0706 e. The Morgan fingerprint density at radius 1 is 0.618 bits per heavy atom. The van der Waals surface area contributed by atoms with Crippen LogP contribution in [0, 0.1) is 29.1 Å². The highest BCUT2D eigenvalue weighted by Crippen LogP contribution is 2.53. The van der Waals surface area contributed by atoms with Gasteiger partial charge in [0.2, 0.25) is 0 Å². The van der Waals surface area contributed by atoms with Gasteiger partial charge >= 0.3 is 0 Å². The lowest BCUT2D eigenvalue weighted by Crippen LogP contribution is -2.52. The van der Waals surface area contributed by atoms with Crippen molar-refractivity contribution in [3.63, 3.8) is 0 Å². The van der Waals surface area contributed by atoms with E-state index in [-0.39, 0.29) is 43.2 Å². The fourth-order valence-corrected chi connectivity index (χ4v) is 5.88. The number of aliphatic hydroxyl groups excluding tert-OH is 4. The minimum absolute atomic E-state index is 0.180. The lowest BCUT2D eigenvalue weighted by Gasteiger charge is -2.52. The average molecular weight is 489 g/mol. The summed E-state index contributed by atoms with van der Waals surface area (Å²) in [5, 5.41) is 50.7. The van der Waals surface area contributed by atoms with Crippen LogP contribution in [0.2, 0.25) is 0 Å². The molecule has 0 fully saturated rings. The molecule has 0 aliphatic rings. The first-order chi connectivity index (χ1) is 16.0. The number of unbranched alkanes of at least 4 members (excludes halogenated alkanes) is 1. The second kappa shape index (κ2) is 18.1. The SMILES string of the molecule is CCC(CCCCC(C)O)(C(C)CCC(C)CO)C(O)(CCCC(C)CO)CCC(C)CCO. The maximum Gasteiger partial charge on any atom is 0.0706 e. The van der Waals surface area contributed by atoms with E-state index in [1.165, 1.54) is 0 Å². The Morgan fingerprint density at radius 2 is 1.24 bits per heavy atom.